The van der Waals surface area contributed by atoms with Gasteiger partial charge < -0.3 is 14.4 Å². The molecule has 0 radical (unpaired) electrons. The molecule has 1 amide bonds. The van der Waals surface area contributed by atoms with Gasteiger partial charge in [0.25, 0.3) is 5.91 Å². The first-order chi connectivity index (χ1) is 10.1. The summed E-state index contributed by atoms with van der Waals surface area (Å²) in [5, 5.41) is 9.75. The van der Waals surface area contributed by atoms with E-state index in [0.717, 1.165) is 43.7 Å². The molecule has 2 rings (SSSR count). The minimum absolute atomic E-state index is 0.0454. The number of carbonyl (C=O) groups is 1. The monoisotopic (exact) mass is 311 g/mol. The average Bonchev–Trinajstić information content (AvgIpc) is 2.96. The number of hydrogen-bond donors (Lipinski definition) is 1. The number of aliphatic hydroxyl groups is 1. The van der Waals surface area contributed by atoms with Crippen LogP contribution in [0.25, 0.3) is 0 Å². The normalized spacial score (nSPS) is 22.5. The number of nitrogens with zero attached hydrogens (tertiary/aromatic N) is 1. The largest absolute Gasteiger partial charge is 0.455 e. The summed E-state index contributed by atoms with van der Waals surface area (Å²) >= 11 is 1.67. The SMILES string of the molecule is CCCC1(CO)CCCN(C(=O)c2ccc(CSC)o2)C1. The standard InChI is InChI=1S/C16H25NO3S/c1-3-7-16(12-18)8-4-9-17(11-16)15(19)14-6-5-13(20-14)10-21-2/h5-6,18H,3-4,7-12H2,1-2H3. The Kier molecular flexibility index (Phi) is 5.76. The molecule has 5 heteroatoms. The molecule has 21 heavy (non-hydrogen) atoms. The maximum Gasteiger partial charge on any atom is 0.289 e. The van der Waals surface area contributed by atoms with Crippen molar-refractivity contribution in [2.75, 3.05) is 26.0 Å². The summed E-state index contributed by atoms with van der Waals surface area (Å²) in [6.45, 7) is 3.66. The Balaban J connectivity index is 2.07. The van der Waals surface area contributed by atoms with Gasteiger partial charge in [0.15, 0.2) is 5.76 Å². The van der Waals surface area contributed by atoms with Gasteiger partial charge in [0.2, 0.25) is 0 Å². The topological polar surface area (TPSA) is 53.7 Å². The first-order valence-corrected chi connectivity index (χ1v) is 9.01. The van der Waals surface area contributed by atoms with Crippen molar-refractivity contribution < 1.29 is 14.3 Å². The van der Waals surface area contributed by atoms with E-state index in [2.05, 4.69) is 6.92 Å². The zero-order valence-corrected chi connectivity index (χ0v) is 13.7. The molecule has 1 atom stereocenters. The predicted molar refractivity (Wildman–Crippen MR) is 85.5 cm³/mol. The van der Waals surface area contributed by atoms with E-state index < -0.39 is 0 Å². The third kappa shape index (κ3) is 3.83. The van der Waals surface area contributed by atoms with Gasteiger partial charge in [0, 0.05) is 18.5 Å². The Bertz CT molecular complexity index is 470. The van der Waals surface area contributed by atoms with E-state index in [4.69, 9.17) is 4.42 Å². The van der Waals surface area contributed by atoms with Gasteiger partial charge in [-0.05, 0) is 37.7 Å². The van der Waals surface area contributed by atoms with Crippen LogP contribution < -0.4 is 0 Å². The Morgan fingerprint density at radius 2 is 2.33 bits per heavy atom. The number of rotatable bonds is 6. The van der Waals surface area contributed by atoms with E-state index in [-0.39, 0.29) is 17.9 Å². The van der Waals surface area contributed by atoms with Crippen LogP contribution in [0.5, 0.6) is 0 Å². The zero-order valence-electron chi connectivity index (χ0n) is 12.9. The van der Waals surface area contributed by atoms with Crippen LogP contribution in [0.4, 0.5) is 0 Å². The Morgan fingerprint density at radius 3 is 3.00 bits per heavy atom. The highest BCUT2D eigenvalue weighted by Gasteiger charge is 2.36. The van der Waals surface area contributed by atoms with Crippen molar-refractivity contribution in [3.63, 3.8) is 0 Å². The molecule has 1 N–H and O–H groups in total. The number of furan rings is 1. The van der Waals surface area contributed by atoms with Gasteiger partial charge in [-0.1, -0.05) is 13.3 Å². The lowest BCUT2D eigenvalue weighted by atomic mass is 9.77. The quantitative estimate of drug-likeness (QED) is 0.877. The second-order valence-electron chi connectivity index (χ2n) is 5.94. The maximum atomic E-state index is 12.6. The molecular weight excluding hydrogens is 286 g/mol. The van der Waals surface area contributed by atoms with Crippen LogP contribution in [0, 0.1) is 5.41 Å². The second-order valence-corrected chi connectivity index (χ2v) is 6.80. The van der Waals surface area contributed by atoms with Crippen LogP contribution in [-0.2, 0) is 5.75 Å². The Hall–Kier alpha value is -0.940. The highest BCUT2D eigenvalue weighted by molar-refractivity contribution is 7.97. The van der Waals surface area contributed by atoms with E-state index in [1.807, 2.05) is 17.2 Å². The highest BCUT2D eigenvalue weighted by atomic mass is 32.2. The van der Waals surface area contributed by atoms with Gasteiger partial charge in [-0.15, -0.1) is 0 Å². The lowest BCUT2D eigenvalue weighted by molar-refractivity contribution is 0.0204. The molecule has 0 aliphatic carbocycles. The summed E-state index contributed by atoms with van der Waals surface area (Å²) in [7, 11) is 0. The van der Waals surface area contributed by atoms with Crippen molar-refractivity contribution in [3.8, 4) is 0 Å². The summed E-state index contributed by atoms with van der Waals surface area (Å²) in [5.41, 5.74) is -0.128. The van der Waals surface area contributed by atoms with E-state index in [1.54, 1.807) is 17.8 Å². The van der Waals surface area contributed by atoms with E-state index in [1.165, 1.54) is 0 Å². The zero-order chi connectivity index (χ0) is 15.3. The van der Waals surface area contributed by atoms with Crippen LogP contribution >= 0.6 is 11.8 Å². The lowest BCUT2D eigenvalue weighted by Gasteiger charge is -2.41. The molecule has 1 aliphatic heterocycles. The fourth-order valence-electron chi connectivity index (χ4n) is 3.19. The molecule has 1 aliphatic rings. The van der Waals surface area contributed by atoms with Crippen LogP contribution in [0.2, 0.25) is 0 Å². The Morgan fingerprint density at radius 1 is 1.52 bits per heavy atom. The summed E-state index contributed by atoms with van der Waals surface area (Å²) < 4.78 is 5.63. The highest BCUT2D eigenvalue weighted by Crippen LogP contribution is 2.34. The van der Waals surface area contributed by atoms with Gasteiger partial charge in [-0.3, -0.25) is 4.79 Å². The van der Waals surface area contributed by atoms with Crippen LogP contribution in [0.15, 0.2) is 16.5 Å². The molecule has 0 saturated carbocycles. The number of piperidine rings is 1. The molecule has 4 nitrogen and oxygen atoms in total. The number of carbonyl (C=O) groups excluding carboxylic acids is 1. The number of likely N-dealkylation sites (tertiary alicyclic amines) is 1. The molecule has 1 unspecified atom stereocenters. The first kappa shape index (κ1) is 16.4. The Labute approximate surface area is 130 Å². The summed E-state index contributed by atoms with van der Waals surface area (Å²) in [6.07, 6.45) is 5.95. The number of aliphatic hydroxyl groups excluding tert-OH is 1. The van der Waals surface area contributed by atoms with Gasteiger partial charge >= 0.3 is 0 Å². The van der Waals surface area contributed by atoms with Crippen molar-refractivity contribution >= 4 is 17.7 Å². The van der Waals surface area contributed by atoms with Crippen molar-refractivity contribution in [2.24, 2.45) is 5.41 Å². The van der Waals surface area contributed by atoms with Gasteiger partial charge in [0.05, 0.1) is 12.4 Å². The first-order valence-electron chi connectivity index (χ1n) is 7.62. The summed E-state index contributed by atoms with van der Waals surface area (Å²) in [4.78, 5) is 14.4. The fourth-order valence-corrected chi connectivity index (χ4v) is 3.63. The third-order valence-electron chi connectivity index (χ3n) is 4.22. The van der Waals surface area contributed by atoms with Crippen molar-refractivity contribution in [1.29, 1.82) is 0 Å². The number of thioether (sulfide) groups is 1. The molecule has 1 aromatic rings. The smallest absolute Gasteiger partial charge is 0.289 e. The van der Waals surface area contributed by atoms with E-state index >= 15 is 0 Å². The predicted octanol–water partition coefficient (Wildman–Crippen LogP) is 3.16. The number of hydrogen-bond acceptors (Lipinski definition) is 4. The van der Waals surface area contributed by atoms with Gasteiger partial charge in [-0.25, -0.2) is 0 Å². The van der Waals surface area contributed by atoms with E-state index in [0.29, 0.717) is 12.3 Å². The average molecular weight is 311 g/mol. The molecule has 118 valence electrons. The molecule has 2 heterocycles. The van der Waals surface area contributed by atoms with Gasteiger partial charge in [0.1, 0.15) is 5.76 Å². The third-order valence-corrected chi connectivity index (χ3v) is 4.80. The molecule has 0 spiro atoms. The number of amides is 1. The fraction of sp³-hybridized carbons (Fsp3) is 0.688. The molecule has 0 bridgehead atoms. The van der Waals surface area contributed by atoms with Crippen molar-refractivity contribution in [3.05, 3.63) is 23.7 Å². The molecule has 1 fully saturated rings. The van der Waals surface area contributed by atoms with E-state index in [9.17, 15) is 9.90 Å². The van der Waals surface area contributed by atoms with Gasteiger partial charge in [-0.2, -0.15) is 11.8 Å². The van der Waals surface area contributed by atoms with Crippen LogP contribution in [0.3, 0.4) is 0 Å². The summed E-state index contributed by atoms with van der Waals surface area (Å²) in [5.74, 6) is 1.99. The summed E-state index contributed by atoms with van der Waals surface area (Å²) in [6, 6.07) is 3.64. The second kappa shape index (κ2) is 7.36. The van der Waals surface area contributed by atoms with Crippen molar-refractivity contribution in [2.45, 2.75) is 38.4 Å². The van der Waals surface area contributed by atoms with Crippen LogP contribution in [-0.4, -0.2) is 41.9 Å². The molecule has 1 aromatic heterocycles. The molecule has 0 aromatic carbocycles. The minimum Gasteiger partial charge on any atom is -0.455 e. The molecular formula is C16H25NO3S. The minimum atomic E-state index is -0.128. The maximum absolute atomic E-state index is 12.6. The molecule has 1 saturated heterocycles. The van der Waals surface area contributed by atoms with Crippen molar-refractivity contribution in [1.82, 2.24) is 4.90 Å². The lowest BCUT2D eigenvalue weighted by Crippen LogP contribution is -2.47. The van der Waals surface area contributed by atoms with Crippen LogP contribution in [0.1, 0.15) is 48.9 Å².